The van der Waals surface area contributed by atoms with Gasteiger partial charge in [0, 0.05) is 10.4 Å². The molecule has 3 heteroatoms. The van der Waals surface area contributed by atoms with Crippen LogP contribution >= 0.6 is 31.9 Å². The van der Waals surface area contributed by atoms with Gasteiger partial charge in [-0.15, -0.1) is 0 Å². The van der Waals surface area contributed by atoms with Crippen molar-refractivity contribution < 1.29 is 17.1 Å². The maximum atomic E-state index is 3.59. The quantitative estimate of drug-likeness (QED) is 0.510. The van der Waals surface area contributed by atoms with Crippen molar-refractivity contribution in [3.63, 3.8) is 0 Å². The minimum Gasteiger partial charge on any atom is -0.0828 e. The summed E-state index contributed by atoms with van der Waals surface area (Å²) < 4.78 is 1.17. The molecule has 0 aliphatic heterocycles. The Hall–Kier alpha value is 0.699. The van der Waals surface area contributed by atoms with Gasteiger partial charge in [-0.3, -0.25) is 0 Å². The molecule has 1 atom stereocenters. The maximum Gasteiger partial charge on any atom is 2.00 e. The van der Waals surface area contributed by atoms with Gasteiger partial charge in [0.1, 0.15) is 0 Å². The SMILES string of the molecule is C[C@H]([C]1[CH][CH][CH][C]1Br)c1ccccc1Br.[CH]1[CH][CH][CH][CH]1.[Fe+2]. The summed E-state index contributed by atoms with van der Waals surface area (Å²) in [6.45, 7) is 2.22. The summed E-state index contributed by atoms with van der Waals surface area (Å²) in [7, 11) is 0. The first-order valence-corrected chi connectivity index (χ1v) is 8.11. The van der Waals surface area contributed by atoms with Gasteiger partial charge in [0.25, 0.3) is 0 Å². The average molecular weight is 448 g/mol. The molecule has 0 bridgehead atoms. The molecule has 0 heterocycles. The Balaban J connectivity index is 0.000000313. The molecule has 2 saturated carbocycles. The summed E-state index contributed by atoms with van der Waals surface area (Å²) in [5.74, 6) is 1.74. The molecule has 0 aromatic heterocycles. The van der Waals surface area contributed by atoms with Crippen molar-refractivity contribution in [2.45, 2.75) is 12.8 Å². The molecule has 2 aliphatic carbocycles. The van der Waals surface area contributed by atoms with Crippen LogP contribution in [0.15, 0.2) is 28.7 Å². The van der Waals surface area contributed by atoms with Crippen molar-refractivity contribution in [2.75, 3.05) is 0 Å². The predicted octanol–water partition coefficient (Wildman–Crippen LogP) is 5.70. The van der Waals surface area contributed by atoms with Crippen LogP contribution in [0.1, 0.15) is 18.4 Å². The molecule has 108 valence electrons. The van der Waals surface area contributed by atoms with Crippen LogP contribution in [-0.2, 0) is 17.1 Å². The molecule has 1 aromatic rings. The van der Waals surface area contributed by atoms with Gasteiger partial charge in [0.15, 0.2) is 0 Å². The van der Waals surface area contributed by atoms with Crippen molar-refractivity contribution in [3.8, 4) is 0 Å². The van der Waals surface area contributed by atoms with Crippen LogP contribution in [0, 0.1) is 62.1 Å². The Kier molecular flexibility index (Phi) is 9.84. The molecule has 0 amide bonds. The van der Waals surface area contributed by atoms with Crippen LogP contribution in [0.3, 0.4) is 0 Å². The second-order valence-corrected chi connectivity index (χ2v) is 6.24. The largest absolute Gasteiger partial charge is 2.00 e. The molecule has 0 spiro atoms. The van der Waals surface area contributed by atoms with Crippen LogP contribution < -0.4 is 0 Å². The number of rotatable bonds is 2. The molecule has 21 heavy (non-hydrogen) atoms. The fourth-order valence-corrected chi connectivity index (χ4v) is 3.33. The van der Waals surface area contributed by atoms with E-state index in [1.807, 2.05) is 38.2 Å². The van der Waals surface area contributed by atoms with Crippen molar-refractivity contribution in [1.82, 2.24) is 0 Å². The molecule has 0 unspecified atom stereocenters. The van der Waals surface area contributed by atoms with Gasteiger partial charge in [0.2, 0.25) is 0 Å². The summed E-state index contributed by atoms with van der Waals surface area (Å²) >= 11 is 7.17. The van der Waals surface area contributed by atoms with E-state index in [2.05, 4.69) is 76.2 Å². The van der Waals surface area contributed by atoms with Crippen LogP contribution in [0.4, 0.5) is 0 Å². The van der Waals surface area contributed by atoms with Crippen molar-refractivity contribution >= 4 is 31.9 Å². The number of benzene rings is 1. The Morgan fingerprint density at radius 2 is 1.38 bits per heavy atom. The third-order valence-corrected chi connectivity index (χ3v) is 4.63. The number of halogens is 2. The first-order valence-electron chi connectivity index (χ1n) is 6.52. The van der Waals surface area contributed by atoms with Crippen molar-refractivity contribution in [1.29, 1.82) is 0 Å². The maximum absolute atomic E-state index is 3.59. The second kappa shape index (κ2) is 10.5. The van der Waals surface area contributed by atoms with Crippen LogP contribution in [0.2, 0.25) is 0 Å². The van der Waals surface area contributed by atoms with E-state index in [4.69, 9.17) is 0 Å². The minimum atomic E-state index is 0. The zero-order chi connectivity index (χ0) is 14.4. The van der Waals surface area contributed by atoms with Crippen LogP contribution in [0.25, 0.3) is 0 Å². The van der Waals surface area contributed by atoms with E-state index < -0.39 is 0 Å². The molecule has 3 rings (SSSR count). The molecule has 2 aliphatic rings. The van der Waals surface area contributed by atoms with Gasteiger partial charge < -0.3 is 0 Å². The molecule has 0 nitrogen and oxygen atoms in total. The molecule has 1 aromatic carbocycles. The summed E-state index contributed by atoms with van der Waals surface area (Å²) in [5, 5.41) is 0. The Labute approximate surface area is 157 Å². The van der Waals surface area contributed by atoms with E-state index in [9.17, 15) is 0 Å². The molecule has 10 radical (unpaired) electrons. The van der Waals surface area contributed by atoms with E-state index in [1.54, 1.807) is 0 Å². The molecular weight excluding hydrogens is 432 g/mol. The van der Waals surface area contributed by atoms with Gasteiger partial charge >= 0.3 is 17.1 Å². The van der Waals surface area contributed by atoms with E-state index in [0.717, 1.165) is 0 Å². The normalized spacial score (nSPS) is 20.5. The smallest absolute Gasteiger partial charge is 0.0828 e. The standard InChI is InChI=1S/C13H11Br2.C5H5.Fe/c1-9(11-6-4-8-13(11)15)10-5-2-3-7-12(10)14;1-2-4-5-3-1;/h2-9H,1H3;1-5H;/q;;+2/t9-;;/m0../s1. The Bertz CT molecular complexity index is 396. The molecule has 0 saturated heterocycles. The first-order chi connectivity index (χ1) is 9.70. The molecular formula is C18H16Br2Fe+2. The van der Waals surface area contributed by atoms with Crippen molar-refractivity contribution in [3.05, 3.63) is 96.4 Å². The topological polar surface area (TPSA) is 0 Å². The zero-order valence-electron chi connectivity index (χ0n) is 11.6. The van der Waals surface area contributed by atoms with Gasteiger partial charge in [-0.05, 0) is 68.9 Å². The zero-order valence-corrected chi connectivity index (χ0v) is 15.9. The van der Waals surface area contributed by atoms with Crippen LogP contribution in [-0.4, -0.2) is 0 Å². The first kappa shape index (κ1) is 19.7. The van der Waals surface area contributed by atoms with Gasteiger partial charge in [-0.1, -0.05) is 57.0 Å². The number of hydrogen-bond donors (Lipinski definition) is 0. The summed E-state index contributed by atoms with van der Waals surface area (Å²) in [6.07, 6.45) is 16.3. The summed E-state index contributed by atoms with van der Waals surface area (Å²) in [6, 6.07) is 8.37. The number of hydrogen-bond acceptors (Lipinski definition) is 0. The molecule has 2 fully saturated rings. The van der Waals surface area contributed by atoms with Gasteiger partial charge in [-0.25, -0.2) is 0 Å². The Morgan fingerprint density at radius 1 is 0.810 bits per heavy atom. The van der Waals surface area contributed by atoms with E-state index in [1.165, 1.54) is 20.8 Å². The van der Waals surface area contributed by atoms with Gasteiger partial charge in [0.05, 0.1) is 4.83 Å². The van der Waals surface area contributed by atoms with E-state index in [0.29, 0.717) is 5.92 Å². The van der Waals surface area contributed by atoms with Crippen LogP contribution in [0.5, 0.6) is 0 Å². The monoisotopic (exact) mass is 446 g/mol. The third-order valence-electron chi connectivity index (χ3n) is 3.19. The van der Waals surface area contributed by atoms with Crippen molar-refractivity contribution in [2.24, 2.45) is 0 Å². The minimum absolute atomic E-state index is 0. The molecule has 0 N–H and O–H groups in total. The fourth-order valence-electron chi connectivity index (χ4n) is 2.08. The summed E-state index contributed by atoms with van der Waals surface area (Å²) in [5.41, 5.74) is 1.32. The van der Waals surface area contributed by atoms with Gasteiger partial charge in [-0.2, -0.15) is 0 Å². The Morgan fingerprint density at radius 3 is 1.86 bits per heavy atom. The predicted molar refractivity (Wildman–Crippen MR) is 92.4 cm³/mol. The second-order valence-electron chi connectivity index (χ2n) is 4.53. The van der Waals surface area contributed by atoms with E-state index in [-0.39, 0.29) is 17.1 Å². The summed E-state index contributed by atoms with van der Waals surface area (Å²) in [4.78, 5) is 1.19. The average Bonchev–Trinajstić information content (AvgIpc) is 3.12. The third kappa shape index (κ3) is 6.01. The fraction of sp³-hybridized carbons (Fsp3) is 0.111. The van der Waals surface area contributed by atoms with E-state index >= 15 is 0 Å².